The fraction of sp³-hybridized carbons (Fsp3) is 0.462. The molecule has 2 aromatic heterocycles. The van der Waals surface area contributed by atoms with Gasteiger partial charge in [0, 0.05) is 36.3 Å². The summed E-state index contributed by atoms with van der Waals surface area (Å²) in [5.41, 5.74) is 2.27. The highest BCUT2D eigenvalue weighted by Gasteiger charge is 2.04. The molecule has 0 bridgehead atoms. The molecule has 106 valence electrons. The molecule has 0 aliphatic heterocycles. The molecule has 0 radical (unpaired) electrons. The Morgan fingerprint density at radius 1 is 1.37 bits per heavy atom. The van der Waals surface area contributed by atoms with Crippen LogP contribution in [0.1, 0.15) is 29.5 Å². The highest BCUT2D eigenvalue weighted by molar-refractivity contribution is 7.10. The van der Waals surface area contributed by atoms with Gasteiger partial charge < -0.3 is 5.32 Å². The van der Waals surface area contributed by atoms with E-state index in [0.717, 1.165) is 30.1 Å². The van der Waals surface area contributed by atoms with Gasteiger partial charge in [-0.05, 0) is 25.5 Å². The van der Waals surface area contributed by atoms with E-state index in [1.165, 1.54) is 23.0 Å². The van der Waals surface area contributed by atoms with Gasteiger partial charge in [0.15, 0.2) is 5.13 Å². The first kappa shape index (κ1) is 16.1. The number of nitrogens with zero attached hydrogens (tertiary/aromatic N) is 2. The predicted octanol–water partition coefficient (Wildman–Crippen LogP) is 3.51. The average Bonchev–Trinajstić information content (AvgIpc) is 2.87. The molecule has 0 aromatic carbocycles. The second-order valence-electron chi connectivity index (χ2n) is 4.31. The maximum absolute atomic E-state index is 12.8. The van der Waals surface area contributed by atoms with Crippen LogP contribution in [0.25, 0.3) is 0 Å². The Kier molecular flexibility index (Phi) is 6.48. The van der Waals surface area contributed by atoms with Crippen molar-refractivity contribution in [3.63, 3.8) is 0 Å². The van der Waals surface area contributed by atoms with Crippen molar-refractivity contribution in [1.82, 2.24) is 15.1 Å². The van der Waals surface area contributed by atoms with Crippen molar-refractivity contribution < 1.29 is 4.39 Å². The van der Waals surface area contributed by atoms with Crippen molar-refractivity contribution in [2.45, 2.75) is 39.9 Å². The summed E-state index contributed by atoms with van der Waals surface area (Å²) in [5.74, 6) is 0. The quantitative estimate of drug-likeness (QED) is 0.885. The lowest BCUT2D eigenvalue weighted by atomic mass is 10.2. The van der Waals surface area contributed by atoms with Gasteiger partial charge in [-0.3, -0.25) is 4.68 Å². The van der Waals surface area contributed by atoms with E-state index in [0.29, 0.717) is 6.54 Å². The zero-order valence-corrected chi connectivity index (χ0v) is 12.8. The zero-order chi connectivity index (χ0) is 13.0. The van der Waals surface area contributed by atoms with Crippen LogP contribution in [0.3, 0.4) is 0 Å². The van der Waals surface area contributed by atoms with E-state index in [4.69, 9.17) is 0 Å². The maximum Gasteiger partial charge on any atom is 0.176 e. The number of hydrogen-bond acceptors (Lipinski definition) is 3. The molecule has 0 amide bonds. The Morgan fingerprint density at radius 3 is 2.79 bits per heavy atom. The number of rotatable bonds is 6. The molecule has 2 aromatic rings. The number of halogens is 2. The van der Waals surface area contributed by atoms with E-state index in [1.54, 1.807) is 0 Å². The van der Waals surface area contributed by atoms with Crippen LogP contribution in [0.15, 0.2) is 18.3 Å². The number of nitrogens with one attached hydrogen (secondary N) is 1. The molecule has 2 heterocycles. The van der Waals surface area contributed by atoms with Crippen LogP contribution < -0.4 is 5.32 Å². The molecule has 0 saturated carbocycles. The second kappa shape index (κ2) is 7.62. The predicted molar refractivity (Wildman–Crippen MR) is 79.3 cm³/mol. The summed E-state index contributed by atoms with van der Waals surface area (Å²) >= 11 is 1.19. The molecule has 0 atom stereocenters. The molecule has 0 aliphatic carbocycles. The fourth-order valence-corrected chi connectivity index (χ4v) is 2.54. The first-order valence-corrected chi connectivity index (χ1v) is 6.98. The van der Waals surface area contributed by atoms with E-state index < -0.39 is 0 Å². The van der Waals surface area contributed by atoms with Gasteiger partial charge in [0.25, 0.3) is 0 Å². The van der Waals surface area contributed by atoms with Crippen LogP contribution >= 0.6 is 23.7 Å². The molecule has 6 heteroatoms. The first-order valence-electron chi connectivity index (χ1n) is 6.17. The summed E-state index contributed by atoms with van der Waals surface area (Å²) in [6, 6.07) is 3.33. The van der Waals surface area contributed by atoms with Gasteiger partial charge >= 0.3 is 0 Å². The molecule has 19 heavy (non-hydrogen) atoms. The standard InChI is InChI=1S/C13H18FN3S.ClH/c1-3-6-17-9-11(10(2)16-17)7-15-8-12-4-5-13(14)18-12;/h4-5,9,15H,3,6-8H2,1-2H3;1H. The summed E-state index contributed by atoms with van der Waals surface area (Å²) in [4.78, 5) is 1.02. The van der Waals surface area contributed by atoms with Crippen LogP contribution in [-0.2, 0) is 19.6 Å². The minimum absolute atomic E-state index is 0. The van der Waals surface area contributed by atoms with Crippen molar-refractivity contribution in [2.24, 2.45) is 0 Å². The Balaban J connectivity index is 0.00000180. The number of hydrogen-bond donors (Lipinski definition) is 1. The van der Waals surface area contributed by atoms with Gasteiger partial charge in [-0.1, -0.05) is 6.92 Å². The van der Waals surface area contributed by atoms with Crippen molar-refractivity contribution >= 4 is 23.7 Å². The summed E-state index contributed by atoms with van der Waals surface area (Å²) in [6.45, 7) is 6.59. The van der Waals surface area contributed by atoms with Crippen LogP contribution in [0.4, 0.5) is 4.39 Å². The molecular formula is C13H19ClFN3S. The Hall–Kier alpha value is -0.910. The third kappa shape index (κ3) is 4.60. The second-order valence-corrected chi connectivity index (χ2v) is 5.43. The molecule has 0 saturated heterocycles. The summed E-state index contributed by atoms with van der Waals surface area (Å²) < 4.78 is 14.8. The summed E-state index contributed by atoms with van der Waals surface area (Å²) in [6.07, 6.45) is 3.17. The first-order chi connectivity index (χ1) is 8.69. The van der Waals surface area contributed by atoms with Gasteiger partial charge in [0.05, 0.1) is 5.69 Å². The van der Waals surface area contributed by atoms with Crippen LogP contribution in [0.2, 0.25) is 0 Å². The third-order valence-electron chi connectivity index (χ3n) is 2.74. The highest BCUT2D eigenvalue weighted by atomic mass is 35.5. The molecular weight excluding hydrogens is 285 g/mol. The fourth-order valence-electron chi connectivity index (χ4n) is 1.84. The smallest absolute Gasteiger partial charge is 0.176 e. The molecule has 2 rings (SSSR count). The monoisotopic (exact) mass is 303 g/mol. The molecule has 0 fully saturated rings. The topological polar surface area (TPSA) is 29.9 Å². The molecule has 1 N–H and O–H groups in total. The molecule has 0 unspecified atom stereocenters. The largest absolute Gasteiger partial charge is 0.308 e. The van der Waals surface area contributed by atoms with Crippen LogP contribution in [0.5, 0.6) is 0 Å². The van der Waals surface area contributed by atoms with Gasteiger partial charge in [0.1, 0.15) is 0 Å². The van der Waals surface area contributed by atoms with Crippen LogP contribution in [0, 0.1) is 12.1 Å². The van der Waals surface area contributed by atoms with Crippen molar-refractivity contribution in [3.8, 4) is 0 Å². The van der Waals surface area contributed by atoms with E-state index >= 15 is 0 Å². The van der Waals surface area contributed by atoms with Crippen molar-refractivity contribution in [3.05, 3.63) is 39.6 Å². The van der Waals surface area contributed by atoms with Gasteiger partial charge in [-0.15, -0.1) is 23.7 Å². The van der Waals surface area contributed by atoms with Crippen molar-refractivity contribution in [1.29, 1.82) is 0 Å². The van der Waals surface area contributed by atoms with Crippen molar-refractivity contribution in [2.75, 3.05) is 0 Å². The lowest BCUT2D eigenvalue weighted by molar-refractivity contribution is 0.597. The minimum Gasteiger partial charge on any atom is -0.308 e. The van der Waals surface area contributed by atoms with Gasteiger partial charge in [0.2, 0.25) is 0 Å². The van der Waals surface area contributed by atoms with Gasteiger partial charge in [-0.25, -0.2) is 0 Å². The van der Waals surface area contributed by atoms with E-state index in [2.05, 4.69) is 23.5 Å². The minimum atomic E-state index is -0.126. The van der Waals surface area contributed by atoms with E-state index in [-0.39, 0.29) is 17.5 Å². The number of aryl methyl sites for hydroxylation is 2. The van der Waals surface area contributed by atoms with E-state index in [1.807, 2.05) is 17.7 Å². The Morgan fingerprint density at radius 2 is 2.16 bits per heavy atom. The number of aromatic nitrogens is 2. The third-order valence-corrected chi connectivity index (χ3v) is 3.62. The molecule has 0 spiro atoms. The SMILES string of the molecule is CCCn1cc(CNCc2ccc(F)s2)c(C)n1.Cl. The highest BCUT2D eigenvalue weighted by Crippen LogP contribution is 2.14. The molecule has 3 nitrogen and oxygen atoms in total. The molecule has 0 aliphatic rings. The zero-order valence-electron chi connectivity index (χ0n) is 11.1. The lowest BCUT2D eigenvalue weighted by Crippen LogP contribution is -2.11. The van der Waals surface area contributed by atoms with Crippen LogP contribution in [-0.4, -0.2) is 9.78 Å². The Bertz CT molecular complexity index is 510. The van der Waals surface area contributed by atoms with Gasteiger partial charge in [-0.2, -0.15) is 9.49 Å². The average molecular weight is 304 g/mol. The lowest BCUT2D eigenvalue weighted by Gasteiger charge is -2.01. The summed E-state index contributed by atoms with van der Waals surface area (Å²) in [7, 11) is 0. The number of thiophene rings is 1. The Labute approximate surface area is 123 Å². The maximum atomic E-state index is 12.8. The summed E-state index contributed by atoms with van der Waals surface area (Å²) in [5, 5.41) is 7.64. The van der Waals surface area contributed by atoms with E-state index in [9.17, 15) is 4.39 Å². The normalized spacial score (nSPS) is 10.5.